The van der Waals surface area contributed by atoms with Crippen molar-refractivity contribution in [2.75, 3.05) is 17.6 Å². The van der Waals surface area contributed by atoms with Crippen LogP contribution in [0, 0.1) is 0 Å². The largest absolute Gasteiger partial charge is 0.397 e. The zero-order chi connectivity index (χ0) is 22.6. The molecule has 0 saturated heterocycles. The van der Waals surface area contributed by atoms with Gasteiger partial charge in [0.2, 0.25) is 0 Å². The molecule has 2 amide bonds. The number of carbonyl (C=O) groups is 2. The van der Waals surface area contributed by atoms with Crippen LogP contribution in [0.25, 0.3) is 0 Å². The Kier molecular flexibility index (Phi) is 9.30. The molecule has 0 heterocycles. The molecule has 0 aliphatic rings. The van der Waals surface area contributed by atoms with Gasteiger partial charge in [0.1, 0.15) is 0 Å². The molecular weight excluding hydrogens is 386 g/mol. The fourth-order valence-corrected chi connectivity index (χ4v) is 3.28. The lowest BCUT2D eigenvalue weighted by Gasteiger charge is -2.19. The van der Waals surface area contributed by atoms with Crippen molar-refractivity contribution < 1.29 is 9.59 Å². The van der Waals surface area contributed by atoms with Crippen molar-refractivity contribution in [2.45, 2.75) is 33.1 Å². The van der Waals surface area contributed by atoms with Gasteiger partial charge in [0.05, 0.1) is 11.4 Å². The minimum atomic E-state index is -0.350. The van der Waals surface area contributed by atoms with Crippen LogP contribution < -0.4 is 16.4 Å². The first-order chi connectivity index (χ1) is 15.0. The molecule has 0 saturated carbocycles. The molecule has 0 aliphatic carbocycles. The highest BCUT2D eigenvalue weighted by Crippen LogP contribution is 2.27. The number of rotatable bonds is 7. The Labute approximate surface area is 184 Å². The summed E-state index contributed by atoms with van der Waals surface area (Å²) in [4.78, 5) is 23.9. The lowest BCUT2D eigenvalue weighted by atomic mass is 9.88. The lowest BCUT2D eigenvalue weighted by Crippen LogP contribution is -2.30. The van der Waals surface area contributed by atoms with E-state index < -0.39 is 0 Å². The van der Waals surface area contributed by atoms with Crippen molar-refractivity contribution >= 4 is 23.2 Å². The molecule has 0 atom stereocenters. The zero-order valence-corrected chi connectivity index (χ0v) is 18.4. The fraction of sp³-hybridized carbons (Fsp3) is 0.231. The summed E-state index contributed by atoms with van der Waals surface area (Å²) >= 11 is 0. The summed E-state index contributed by atoms with van der Waals surface area (Å²) in [6, 6.07) is 25.0. The number of Topliss-reactive ketones (excluding diaryl/α,β-unsaturated/α-hetero) is 1. The van der Waals surface area contributed by atoms with Gasteiger partial charge in [0, 0.05) is 18.0 Å². The summed E-state index contributed by atoms with van der Waals surface area (Å²) in [5.74, 6) is 0.103. The SMILES string of the molecule is CC.CC(=O)c1ccc(N)c(NC(=O)NCCC(c2ccccc2)c2ccccc2)c1. The molecule has 31 heavy (non-hydrogen) atoms. The molecule has 0 aromatic heterocycles. The van der Waals surface area contributed by atoms with Gasteiger partial charge >= 0.3 is 6.03 Å². The Morgan fingerprint density at radius 3 is 1.94 bits per heavy atom. The number of hydrogen-bond donors (Lipinski definition) is 3. The molecule has 5 nitrogen and oxygen atoms in total. The summed E-state index contributed by atoms with van der Waals surface area (Å²) < 4.78 is 0. The van der Waals surface area contributed by atoms with Crippen LogP contribution in [0.1, 0.15) is 54.6 Å². The molecule has 3 rings (SSSR count). The number of hydrogen-bond acceptors (Lipinski definition) is 3. The van der Waals surface area contributed by atoms with Crippen molar-refractivity contribution in [2.24, 2.45) is 0 Å². The van der Waals surface area contributed by atoms with E-state index >= 15 is 0 Å². The van der Waals surface area contributed by atoms with Gasteiger partial charge in [-0.2, -0.15) is 0 Å². The maximum absolute atomic E-state index is 12.3. The van der Waals surface area contributed by atoms with Crippen LogP contribution in [0.3, 0.4) is 0 Å². The van der Waals surface area contributed by atoms with Crippen LogP contribution in [0.15, 0.2) is 78.9 Å². The third-order valence-electron chi connectivity index (χ3n) is 4.83. The van der Waals surface area contributed by atoms with Crippen molar-refractivity contribution in [1.29, 1.82) is 0 Å². The maximum atomic E-state index is 12.3. The topological polar surface area (TPSA) is 84.2 Å². The molecule has 3 aromatic rings. The van der Waals surface area contributed by atoms with E-state index in [0.717, 1.165) is 6.42 Å². The summed E-state index contributed by atoms with van der Waals surface area (Å²) in [6.07, 6.45) is 0.754. The molecule has 0 unspecified atom stereocenters. The Bertz CT molecular complexity index is 933. The van der Waals surface area contributed by atoms with Gasteiger partial charge in [-0.25, -0.2) is 4.79 Å². The standard InChI is InChI=1S/C24H25N3O2.C2H6/c1-17(28)20-12-13-22(25)23(16-20)27-24(29)26-15-14-21(18-8-4-2-5-9-18)19-10-6-3-7-11-19;1-2/h2-13,16,21H,14-15,25H2,1H3,(H2,26,27,29);1-2H3. The van der Waals surface area contributed by atoms with E-state index in [0.29, 0.717) is 23.5 Å². The molecular formula is C26H31N3O2. The van der Waals surface area contributed by atoms with Gasteiger partial charge in [0.15, 0.2) is 5.78 Å². The van der Waals surface area contributed by atoms with Crippen molar-refractivity contribution in [3.8, 4) is 0 Å². The number of nitrogens with two attached hydrogens (primary N) is 1. The third-order valence-corrected chi connectivity index (χ3v) is 4.83. The second kappa shape index (κ2) is 12.2. The lowest BCUT2D eigenvalue weighted by molar-refractivity contribution is 0.101. The molecule has 0 spiro atoms. The first kappa shape index (κ1) is 23.7. The van der Waals surface area contributed by atoms with E-state index in [1.54, 1.807) is 18.2 Å². The maximum Gasteiger partial charge on any atom is 0.319 e. The van der Waals surface area contributed by atoms with E-state index in [1.165, 1.54) is 18.1 Å². The van der Waals surface area contributed by atoms with Gasteiger partial charge in [-0.05, 0) is 42.7 Å². The van der Waals surface area contributed by atoms with Crippen LogP contribution in [0.5, 0.6) is 0 Å². The first-order valence-corrected chi connectivity index (χ1v) is 10.6. The van der Waals surface area contributed by atoms with Crippen LogP contribution in [-0.4, -0.2) is 18.4 Å². The number of amides is 2. The zero-order valence-electron chi connectivity index (χ0n) is 18.4. The van der Waals surface area contributed by atoms with Crippen LogP contribution in [0.4, 0.5) is 16.2 Å². The Hall–Kier alpha value is -3.60. The normalized spacial score (nSPS) is 10.1. The summed E-state index contributed by atoms with van der Waals surface area (Å²) in [5, 5.41) is 5.62. The van der Waals surface area contributed by atoms with Gasteiger partial charge in [-0.1, -0.05) is 74.5 Å². The van der Waals surface area contributed by atoms with Crippen LogP contribution in [0.2, 0.25) is 0 Å². The molecule has 0 radical (unpaired) electrons. The van der Waals surface area contributed by atoms with E-state index in [2.05, 4.69) is 34.9 Å². The van der Waals surface area contributed by atoms with Crippen molar-refractivity contribution in [3.63, 3.8) is 0 Å². The van der Waals surface area contributed by atoms with Gasteiger partial charge in [-0.3, -0.25) is 4.79 Å². The van der Waals surface area contributed by atoms with E-state index in [1.807, 2.05) is 50.2 Å². The quantitative estimate of drug-likeness (QED) is 0.333. The molecule has 0 bridgehead atoms. The van der Waals surface area contributed by atoms with E-state index in [-0.39, 0.29) is 17.7 Å². The number of anilines is 2. The summed E-state index contributed by atoms with van der Waals surface area (Å²) in [7, 11) is 0. The van der Waals surface area contributed by atoms with Crippen LogP contribution >= 0.6 is 0 Å². The average Bonchev–Trinajstić information content (AvgIpc) is 2.80. The van der Waals surface area contributed by atoms with E-state index in [9.17, 15) is 9.59 Å². The predicted molar refractivity (Wildman–Crippen MR) is 129 cm³/mol. The number of urea groups is 1. The molecule has 4 N–H and O–H groups in total. The van der Waals surface area contributed by atoms with Gasteiger partial charge in [-0.15, -0.1) is 0 Å². The Morgan fingerprint density at radius 1 is 0.871 bits per heavy atom. The Balaban J connectivity index is 0.00000166. The third kappa shape index (κ3) is 7.00. The highest BCUT2D eigenvalue weighted by atomic mass is 16.2. The van der Waals surface area contributed by atoms with Crippen LogP contribution in [-0.2, 0) is 0 Å². The number of ketones is 1. The monoisotopic (exact) mass is 417 g/mol. The Morgan fingerprint density at radius 2 is 1.42 bits per heavy atom. The van der Waals surface area contributed by atoms with Gasteiger partial charge < -0.3 is 16.4 Å². The smallest absolute Gasteiger partial charge is 0.319 e. The number of benzene rings is 3. The van der Waals surface area contributed by atoms with Crippen molar-refractivity contribution in [3.05, 3.63) is 95.6 Å². The van der Waals surface area contributed by atoms with Crippen molar-refractivity contribution in [1.82, 2.24) is 5.32 Å². The second-order valence-corrected chi connectivity index (χ2v) is 6.90. The first-order valence-electron chi connectivity index (χ1n) is 10.6. The molecule has 0 fully saturated rings. The van der Waals surface area contributed by atoms with E-state index in [4.69, 9.17) is 5.73 Å². The molecule has 5 heteroatoms. The number of carbonyl (C=O) groups excluding carboxylic acids is 2. The number of nitrogen functional groups attached to an aromatic ring is 1. The fourth-order valence-electron chi connectivity index (χ4n) is 3.28. The highest BCUT2D eigenvalue weighted by Gasteiger charge is 2.14. The minimum absolute atomic E-state index is 0.0815. The van der Waals surface area contributed by atoms with Gasteiger partial charge in [0.25, 0.3) is 0 Å². The summed E-state index contributed by atoms with van der Waals surface area (Å²) in [5.41, 5.74) is 9.67. The molecule has 0 aliphatic heterocycles. The second-order valence-electron chi connectivity index (χ2n) is 6.90. The predicted octanol–water partition coefficient (Wildman–Crippen LogP) is 5.84. The average molecular weight is 418 g/mol. The minimum Gasteiger partial charge on any atom is -0.397 e. The highest BCUT2D eigenvalue weighted by molar-refractivity contribution is 5.99. The molecule has 162 valence electrons. The molecule has 3 aromatic carbocycles. The number of nitrogens with one attached hydrogen (secondary N) is 2. The summed E-state index contributed by atoms with van der Waals surface area (Å²) in [6.45, 7) is 5.97.